The second kappa shape index (κ2) is 5.20. The van der Waals surface area contributed by atoms with Crippen molar-refractivity contribution in [2.75, 3.05) is 23.7 Å². The van der Waals surface area contributed by atoms with Gasteiger partial charge in [0.25, 0.3) is 0 Å². The molecule has 0 saturated carbocycles. The molecule has 0 aliphatic rings. The van der Waals surface area contributed by atoms with Crippen LogP contribution >= 0.6 is 0 Å². The molecule has 1 atom stereocenters. The van der Waals surface area contributed by atoms with Crippen LogP contribution in [-0.2, 0) is 20.0 Å². The molecule has 0 radical (unpaired) electrons. The van der Waals surface area contributed by atoms with Crippen LogP contribution in [0.5, 0.6) is 0 Å². The van der Waals surface area contributed by atoms with Crippen molar-refractivity contribution in [2.24, 2.45) is 0 Å². The summed E-state index contributed by atoms with van der Waals surface area (Å²) in [5.74, 6) is 0. The third-order valence-corrected chi connectivity index (χ3v) is 4.17. The molecule has 0 saturated heterocycles. The van der Waals surface area contributed by atoms with Crippen LogP contribution < -0.4 is 10.6 Å². The van der Waals surface area contributed by atoms with E-state index in [1.807, 2.05) is 26.8 Å². The maximum atomic E-state index is 11.6. The molecule has 0 amide bonds. The minimum Gasteiger partial charge on any atom is -0.397 e. The monoisotopic (exact) mass is 274 g/mol. The summed E-state index contributed by atoms with van der Waals surface area (Å²) in [6.45, 7) is 7.51. The second-order valence-electron chi connectivity index (χ2n) is 3.82. The minimum absolute atomic E-state index is 0.148. The first-order valence-corrected chi connectivity index (χ1v) is 7.87. The molecule has 96 valence electrons. The Morgan fingerprint density at radius 2 is 1.94 bits per heavy atom. The molecule has 1 aromatic rings. The highest BCUT2D eigenvalue weighted by Crippen LogP contribution is 2.28. The summed E-state index contributed by atoms with van der Waals surface area (Å²) in [5.41, 5.74) is 7.76. The van der Waals surface area contributed by atoms with Gasteiger partial charge in [0.2, 0.25) is 0 Å². The Kier molecular flexibility index (Phi) is 4.35. The van der Waals surface area contributed by atoms with Crippen molar-refractivity contribution >= 4 is 31.3 Å². The van der Waals surface area contributed by atoms with E-state index in [9.17, 15) is 8.76 Å². The summed E-state index contributed by atoms with van der Waals surface area (Å²) >= 11 is 4.60. The zero-order chi connectivity index (χ0) is 13.2. The van der Waals surface area contributed by atoms with Gasteiger partial charge in [-0.05, 0) is 38.5 Å². The van der Waals surface area contributed by atoms with Crippen LogP contribution in [0.1, 0.15) is 19.4 Å². The maximum Gasteiger partial charge on any atom is 0.173 e. The molecule has 17 heavy (non-hydrogen) atoms. The molecule has 0 aliphatic heterocycles. The number of aryl methyl sites for hydroxylation is 1. The standard InChI is InChI=1S/C11H18N2O2S2/c1-4-13(5-2)9-6-8(3)11(12)10(7-9)17(14,15)16/h6-7H,4-5,12H2,1-3H3,(H,14,15,16). The first-order valence-electron chi connectivity index (χ1n) is 5.43. The van der Waals surface area contributed by atoms with Gasteiger partial charge < -0.3 is 15.2 Å². The molecule has 0 heterocycles. The Morgan fingerprint density at radius 3 is 2.35 bits per heavy atom. The highest BCUT2D eigenvalue weighted by molar-refractivity contribution is 8.29. The number of rotatable bonds is 4. The molecule has 4 nitrogen and oxygen atoms in total. The minimum atomic E-state index is -3.45. The van der Waals surface area contributed by atoms with E-state index >= 15 is 0 Å². The summed E-state index contributed by atoms with van der Waals surface area (Å²) < 4.78 is 21.1. The first kappa shape index (κ1) is 14.2. The Morgan fingerprint density at radius 1 is 1.41 bits per heavy atom. The largest absolute Gasteiger partial charge is 0.397 e. The van der Waals surface area contributed by atoms with Crippen molar-refractivity contribution in [3.05, 3.63) is 17.7 Å². The molecule has 1 rings (SSSR count). The van der Waals surface area contributed by atoms with Crippen LogP contribution in [-0.4, -0.2) is 21.9 Å². The Bertz CT molecular complexity index is 508. The summed E-state index contributed by atoms with van der Waals surface area (Å²) in [7, 11) is -3.45. The third kappa shape index (κ3) is 3.08. The number of hydrogen-bond donors (Lipinski definition) is 2. The normalized spacial score (nSPS) is 14.4. The highest BCUT2D eigenvalue weighted by atomic mass is 32.8. The van der Waals surface area contributed by atoms with Gasteiger partial charge in [-0.2, -0.15) is 0 Å². The molecular formula is C11H18N2O2S2. The maximum absolute atomic E-state index is 11.6. The molecule has 6 heteroatoms. The van der Waals surface area contributed by atoms with Crippen LogP contribution in [0, 0.1) is 6.92 Å². The molecule has 0 spiro atoms. The van der Waals surface area contributed by atoms with Gasteiger partial charge in [0, 0.05) is 30.0 Å². The Labute approximate surface area is 107 Å². The lowest BCUT2D eigenvalue weighted by atomic mass is 10.1. The molecule has 0 fully saturated rings. The highest BCUT2D eigenvalue weighted by Gasteiger charge is 2.15. The van der Waals surface area contributed by atoms with Crippen LogP contribution in [0.15, 0.2) is 17.0 Å². The molecule has 1 aromatic carbocycles. The van der Waals surface area contributed by atoms with Crippen LogP contribution in [0.25, 0.3) is 0 Å². The van der Waals surface area contributed by atoms with E-state index in [1.165, 1.54) is 0 Å². The lowest BCUT2D eigenvalue weighted by Gasteiger charge is -2.23. The van der Waals surface area contributed by atoms with E-state index in [1.54, 1.807) is 6.07 Å². The zero-order valence-corrected chi connectivity index (χ0v) is 11.9. The van der Waals surface area contributed by atoms with Crippen molar-refractivity contribution < 1.29 is 8.76 Å². The van der Waals surface area contributed by atoms with Crippen LogP contribution in [0.3, 0.4) is 0 Å². The van der Waals surface area contributed by atoms with Crippen molar-refractivity contribution in [1.29, 1.82) is 0 Å². The number of benzene rings is 1. The quantitative estimate of drug-likeness (QED) is 0.822. The average Bonchev–Trinajstić information content (AvgIpc) is 2.23. The fourth-order valence-electron chi connectivity index (χ4n) is 1.73. The van der Waals surface area contributed by atoms with E-state index < -0.39 is 8.77 Å². The van der Waals surface area contributed by atoms with Crippen molar-refractivity contribution in [1.82, 2.24) is 0 Å². The number of nitrogen functional groups attached to an aromatic ring is 1. The van der Waals surface area contributed by atoms with Gasteiger partial charge >= 0.3 is 0 Å². The van der Waals surface area contributed by atoms with Gasteiger partial charge in [0.15, 0.2) is 8.77 Å². The Balaban J connectivity index is 3.44. The molecular weight excluding hydrogens is 256 g/mol. The van der Waals surface area contributed by atoms with Gasteiger partial charge in [-0.15, -0.1) is 0 Å². The number of nitrogens with zero attached hydrogens (tertiary/aromatic N) is 1. The lowest BCUT2D eigenvalue weighted by molar-refractivity contribution is 0.562. The lowest BCUT2D eigenvalue weighted by Crippen LogP contribution is -2.22. The van der Waals surface area contributed by atoms with E-state index in [0.29, 0.717) is 5.69 Å². The summed E-state index contributed by atoms with van der Waals surface area (Å²) in [6, 6.07) is 3.52. The third-order valence-electron chi connectivity index (χ3n) is 2.74. The predicted molar refractivity (Wildman–Crippen MR) is 75.6 cm³/mol. The summed E-state index contributed by atoms with van der Waals surface area (Å²) in [5, 5.41) is 0. The zero-order valence-electron chi connectivity index (χ0n) is 10.3. The summed E-state index contributed by atoms with van der Waals surface area (Å²) in [4.78, 5) is 2.23. The van der Waals surface area contributed by atoms with Crippen molar-refractivity contribution in [3.8, 4) is 0 Å². The Hall–Kier alpha value is -0.850. The van der Waals surface area contributed by atoms with Gasteiger partial charge in [-0.3, -0.25) is 0 Å². The van der Waals surface area contributed by atoms with Gasteiger partial charge in [0.1, 0.15) is 0 Å². The fraction of sp³-hybridized carbons (Fsp3) is 0.455. The molecule has 0 aromatic heterocycles. The summed E-state index contributed by atoms with van der Waals surface area (Å²) in [6.07, 6.45) is 0. The fourth-order valence-corrected chi connectivity index (χ4v) is 2.85. The van der Waals surface area contributed by atoms with Crippen molar-refractivity contribution in [2.45, 2.75) is 25.7 Å². The molecule has 3 N–H and O–H groups in total. The topological polar surface area (TPSA) is 66.6 Å². The number of anilines is 2. The first-order chi connectivity index (χ1) is 7.81. The van der Waals surface area contributed by atoms with E-state index in [-0.39, 0.29) is 4.90 Å². The predicted octanol–water partition coefficient (Wildman–Crippen LogP) is 2.00. The molecule has 0 bridgehead atoms. The van der Waals surface area contributed by atoms with Crippen molar-refractivity contribution in [3.63, 3.8) is 0 Å². The van der Waals surface area contributed by atoms with E-state index in [0.717, 1.165) is 24.3 Å². The molecule has 1 unspecified atom stereocenters. The van der Waals surface area contributed by atoms with Crippen LogP contribution in [0.2, 0.25) is 0 Å². The van der Waals surface area contributed by atoms with Gasteiger partial charge in [-0.1, -0.05) is 0 Å². The molecule has 0 aliphatic carbocycles. The second-order valence-corrected chi connectivity index (χ2v) is 6.57. The van der Waals surface area contributed by atoms with Crippen LogP contribution in [0.4, 0.5) is 11.4 Å². The SMILES string of the molecule is CCN(CC)c1cc(C)c(N)c(S(=O)(O)=S)c1. The number of nitrogens with two attached hydrogens (primary N) is 1. The van der Waals surface area contributed by atoms with E-state index in [2.05, 4.69) is 16.1 Å². The van der Waals surface area contributed by atoms with E-state index in [4.69, 9.17) is 5.73 Å². The number of hydrogen-bond acceptors (Lipinski definition) is 4. The average molecular weight is 274 g/mol. The van der Waals surface area contributed by atoms with Gasteiger partial charge in [-0.25, -0.2) is 4.21 Å². The smallest absolute Gasteiger partial charge is 0.173 e. The van der Waals surface area contributed by atoms with Gasteiger partial charge in [0.05, 0.1) is 10.6 Å².